The maximum atomic E-state index is 15.6. The number of hydrogen-bond acceptors (Lipinski definition) is 9. The minimum absolute atomic E-state index is 0.0559. The van der Waals surface area contributed by atoms with Gasteiger partial charge in [-0.05, 0) is 67.3 Å². The minimum atomic E-state index is -0.701. The van der Waals surface area contributed by atoms with Crippen molar-refractivity contribution >= 4 is 17.0 Å². The van der Waals surface area contributed by atoms with Gasteiger partial charge in [0.2, 0.25) is 11.8 Å². The predicted octanol–water partition coefficient (Wildman–Crippen LogP) is 6.86. The number of piperazine rings is 1. The molecule has 4 aliphatic rings. The molecule has 10 rings (SSSR count). The average molecular weight is 802 g/mol. The van der Waals surface area contributed by atoms with E-state index in [-0.39, 0.29) is 52.9 Å². The van der Waals surface area contributed by atoms with Gasteiger partial charge in [-0.15, -0.1) is 0 Å². The van der Waals surface area contributed by atoms with Crippen LogP contribution in [-0.4, -0.2) is 86.5 Å². The zero-order valence-corrected chi connectivity index (χ0v) is 32.0. The molecule has 3 atom stereocenters. The Morgan fingerprint density at radius 1 is 0.746 bits per heavy atom. The highest BCUT2D eigenvalue weighted by Gasteiger charge is 2.45. The SMILES string of the molecule is Fc1cc(C#Cc2cnc(N3CC4CCC(C3)N4C3COC3)nc2)ccc1COc1cccc(-c2cc(F)c(Cc3nc4c(F)cccc4n3C[C@@H]3CCO3)cc2F)n1. The van der Waals surface area contributed by atoms with Crippen LogP contribution in [0.4, 0.5) is 23.5 Å². The maximum Gasteiger partial charge on any atom is 0.225 e. The highest BCUT2D eigenvalue weighted by molar-refractivity contribution is 5.77. The second kappa shape index (κ2) is 15.7. The van der Waals surface area contributed by atoms with Crippen molar-refractivity contribution in [2.75, 3.05) is 37.8 Å². The van der Waals surface area contributed by atoms with E-state index in [1.165, 1.54) is 31.0 Å². The molecule has 0 N–H and O–H groups in total. The Morgan fingerprint density at radius 3 is 2.24 bits per heavy atom. The summed E-state index contributed by atoms with van der Waals surface area (Å²) in [4.78, 5) is 22.9. The van der Waals surface area contributed by atoms with Gasteiger partial charge in [-0.2, -0.15) is 0 Å². The molecule has 0 spiro atoms. The number of para-hydroxylation sites is 1. The van der Waals surface area contributed by atoms with E-state index >= 15 is 13.2 Å². The monoisotopic (exact) mass is 801 g/mol. The number of nitrogens with zero attached hydrogens (tertiary/aromatic N) is 7. The molecule has 4 fully saturated rings. The minimum Gasteiger partial charge on any atom is -0.473 e. The first-order valence-electron chi connectivity index (χ1n) is 19.9. The molecule has 6 aromatic rings. The van der Waals surface area contributed by atoms with Gasteiger partial charge >= 0.3 is 0 Å². The number of anilines is 1. The van der Waals surface area contributed by atoms with Gasteiger partial charge in [0, 0.05) is 73.4 Å². The van der Waals surface area contributed by atoms with E-state index in [1.807, 2.05) is 4.57 Å². The Labute approximate surface area is 337 Å². The Morgan fingerprint density at radius 2 is 1.51 bits per heavy atom. The second-order valence-electron chi connectivity index (χ2n) is 15.5. The Bertz CT molecular complexity index is 2590. The number of benzene rings is 3. The fourth-order valence-electron chi connectivity index (χ4n) is 8.54. The molecule has 3 aromatic carbocycles. The van der Waals surface area contributed by atoms with Crippen LogP contribution in [0, 0.1) is 35.1 Å². The third-order valence-corrected chi connectivity index (χ3v) is 11.8. The van der Waals surface area contributed by atoms with Crippen LogP contribution in [0.1, 0.15) is 47.3 Å². The summed E-state index contributed by atoms with van der Waals surface area (Å²) in [5.74, 6) is 4.85. The van der Waals surface area contributed by atoms with Crippen molar-refractivity contribution in [2.24, 2.45) is 0 Å². The molecule has 10 nitrogen and oxygen atoms in total. The van der Waals surface area contributed by atoms with Crippen LogP contribution in [0.15, 0.2) is 79.1 Å². The topological polar surface area (TPSA) is 90.7 Å². The number of pyridine rings is 1. The van der Waals surface area contributed by atoms with Crippen molar-refractivity contribution in [1.82, 2.24) is 29.4 Å². The smallest absolute Gasteiger partial charge is 0.225 e. The summed E-state index contributed by atoms with van der Waals surface area (Å²) in [5, 5.41) is 0. The summed E-state index contributed by atoms with van der Waals surface area (Å²) in [6, 6.07) is 17.7. The lowest BCUT2D eigenvalue weighted by molar-refractivity contribution is -0.0851. The van der Waals surface area contributed by atoms with Crippen molar-refractivity contribution in [1.29, 1.82) is 0 Å². The first kappa shape index (κ1) is 37.4. The molecule has 59 heavy (non-hydrogen) atoms. The van der Waals surface area contributed by atoms with Gasteiger partial charge in [-0.3, -0.25) is 4.90 Å². The first-order valence-corrected chi connectivity index (χ1v) is 19.9. The highest BCUT2D eigenvalue weighted by atomic mass is 19.1. The lowest BCUT2D eigenvalue weighted by Gasteiger charge is -2.47. The van der Waals surface area contributed by atoms with Gasteiger partial charge in [-0.25, -0.2) is 37.5 Å². The summed E-state index contributed by atoms with van der Waals surface area (Å²) in [6.45, 7) is 4.37. The molecular weight excluding hydrogens is 763 g/mol. The van der Waals surface area contributed by atoms with Crippen molar-refractivity contribution in [2.45, 2.75) is 63.1 Å². The zero-order chi connectivity index (χ0) is 40.0. The molecule has 4 saturated heterocycles. The average Bonchev–Trinajstić information content (AvgIpc) is 3.67. The molecule has 0 saturated carbocycles. The molecule has 2 unspecified atom stereocenters. The molecule has 4 aliphatic heterocycles. The van der Waals surface area contributed by atoms with Gasteiger partial charge in [0.05, 0.1) is 48.7 Å². The van der Waals surface area contributed by atoms with E-state index in [9.17, 15) is 4.39 Å². The number of rotatable bonds is 10. The van der Waals surface area contributed by atoms with Gasteiger partial charge in [-0.1, -0.05) is 30.0 Å². The van der Waals surface area contributed by atoms with Crippen LogP contribution >= 0.6 is 0 Å². The fraction of sp³-hybridized carbons (Fsp3) is 0.333. The van der Waals surface area contributed by atoms with E-state index in [0.29, 0.717) is 59.7 Å². The van der Waals surface area contributed by atoms with Gasteiger partial charge in [0.15, 0.2) is 5.82 Å². The number of aromatic nitrogens is 5. The number of halogens is 4. The molecule has 0 radical (unpaired) electrons. The normalized spacial score (nSPS) is 20.3. The quantitative estimate of drug-likeness (QED) is 0.109. The van der Waals surface area contributed by atoms with E-state index in [4.69, 9.17) is 14.2 Å². The summed E-state index contributed by atoms with van der Waals surface area (Å²) in [5.41, 5.74) is 2.23. The third-order valence-electron chi connectivity index (χ3n) is 11.8. The number of fused-ring (bicyclic) bond motifs is 3. The molecule has 3 aromatic heterocycles. The van der Waals surface area contributed by atoms with Crippen LogP contribution in [0.5, 0.6) is 5.88 Å². The maximum absolute atomic E-state index is 15.6. The van der Waals surface area contributed by atoms with Crippen LogP contribution in [0.25, 0.3) is 22.3 Å². The highest BCUT2D eigenvalue weighted by Crippen LogP contribution is 2.35. The van der Waals surface area contributed by atoms with Crippen molar-refractivity contribution in [3.05, 3.63) is 130 Å². The summed E-state index contributed by atoms with van der Waals surface area (Å²) in [7, 11) is 0. The molecule has 300 valence electrons. The van der Waals surface area contributed by atoms with Gasteiger partial charge in [0.1, 0.15) is 35.4 Å². The van der Waals surface area contributed by atoms with E-state index in [2.05, 4.69) is 41.6 Å². The van der Waals surface area contributed by atoms with E-state index < -0.39 is 23.3 Å². The standard InChI is InChI=1S/C45H39F4N7O3/c46-36-3-1-5-41-44(36)53-42(55(41)23-34-13-14-58-34)17-30-16-39(49)35(18-38(30)48)40-4-2-6-43(52-40)59-24-29-10-9-27(15-37(29)47)7-8-28-19-50-45(51-20-28)54-21-31-11-12-32(22-54)56(31)33-25-57-26-33/h1-6,9-10,15-16,18-20,31-34H,11-14,17,21-26H2/t31?,32?,34-/m0/s1. The Kier molecular flexibility index (Phi) is 9.96. The molecule has 0 aliphatic carbocycles. The Balaban J connectivity index is 0.779. The van der Waals surface area contributed by atoms with Crippen LogP contribution < -0.4 is 9.64 Å². The van der Waals surface area contributed by atoms with Crippen LogP contribution in [0.3, 0.4) is 0 Å². The van der Waals surface area contributed by atoms with Crippen molar-refractivity contribution in [3.8, 4) is 29.0 Å². The summed E-state index contributed by atoms with van der Waals surface area (Å²) < 4.78 is 79.8. The third kappa shape index (κ3) is 7.50. The summed E-state index contributed by atoms with van der Waals surface area (Å²) >= 11 is 0. The van der Waals surface area contributed by atoms with Crippen LogP contribution in [-0.2, 0) is 29.0 Å². The molecule has 7 heterocycles. The van der Waals surface area contributed by atoms with Gasteiger partial charge < -0.3 is 23.7 Å². The number of hydrogen-bond donors (Lipinski definition) is 0. The fourth-order valence-corrected chi connectivity index (χ4v) is 8.54. The van der Waals surface area contributed by atoms with Crippen molar-refractivity contribution < 1.29 is 31.8 Å². The van der Waals surface area contributed by atoms with Gasteiger partial charge in [0.25, 0.3) is 0 Å². The second-order valence-corrected chi connectivity index (χ2v) is 15.5. The number of ether oxygens (including phenoxy) is 3. The van der Waals surface area contributed by atoms with E-state index in [0.717, 1.165) is 44.9 Å². The lowest BCUT2D eigenvalue weighted by Crippen LogP contribution is -2.62. The first-order chi connectivity index (χ1) is 28.8. The van der Waals surface area contributed by atoms with E-state index in [1.54, 1.807) is 48.8 Å². The lowest BCUT2D eigenvalue weighted by atomic mass is 10.0. The Hall–Kier alpha value is -5.88. The van der Waals surface area contributed by atoms with Crippen molar-refractivity contribution in [3.63, 3.8) is 0 Å². The summed E-state index contributed by atoms with van der Waals surface area (Å²) in [6.07, 6.45) is 6.50. The predicted molar refractivity (Wildman–Crippen MR) is 211 cm³/mol. The molecule has 14 heteroatoms. The molecule has 2 bridgehead atoms. The number of imidazole rings is 1. The molecular formula is C45H39F4N7O3. The largest absolute Gasteiger partial charge is 0.473 e. The van der Waals surface area contributed by atoms with Crippen LogP contribution in [0.2, 0.25) is 0 Å². The zero-order valence-electron chi connectivity index (χ0n) is 32.0. The molecule has 0 amide bonds.